The van der Waals surface area contributed by atoms with Gasteiger partial charge in [-0.3, -0.25) is 14.0 Å². The van der Waals surface area contributed by atoms with Gasteiger partial charge in [-0.15, -0.1) is 0 Å². The van der Waals surface area contributed by atoms with Crippen molar-refractivity contribution in [3.63, 3.8) is 0 Å². The number of aryl methyl sites for hydroxylation is 2. The molecule has 0 unspecified atom stereocenters. The lowest BCUT2D eigenvalue weighted by Gasteiger charge is -2.12. The first-order valence-corrected chi connectivity index (χ1v) is 10.3. The summed E-state index contributed by atoms with van der Waals surface area (Å²) in [7, 11) is 0. The van der Waals surface area contributed by atoms with Crippen molar-refractivity contribution in [3.05, 3.63) is 65.2 Å². The van der Waals surface area contributed by atoms with Crippen molar-refractivity contribution in [2.24, 2.45) is 0 Å². The van der Waals surface area contributed by atoms with E-state index >= 15 is 0 Å². The molecule has 6 heteroatoms. The molecular formula is C23H26N4O2. The summed E-state index contributed by atoms with van der Waals surface area (Å²) in [5.74, 6) is -0.331. The monoisotopic (exact) mass is 390 g/mol. The average Bonchev–Trinajstić information content (AvgIpc) is 3.37. The summed E-state index contributed by atoms with van der Waals surface area (Å²) in [6.07, 6.45) is 6.85. The molecule has 0 bridgehead atoms. The van der Waals surface area contributed by atoms with Crippen molar-refractivity contribution >= 4 is 23.0 Å². The SMILES string of the molecule is CCc1cccc(C)c1NC(=O)c1nc(C(=O)NC2CCCC2)c2ccccn12. The van der Waals surface area contributed by atoms with E-state index in [1.54, 1.807) is 10.6 Å². The van der Waals surface area contributed by atoms with Crippen LogP contribution in [0.2, 0.25) is 0 Å². The Balaban J connectivity index is 1.67. The number of imidazole rings is 1. The maximum atomic E-state index is 13.1. The van der Waals surface area contributed by atoms with Gasteiger partial charge in [0.15, 0.2) is 5.69 Å². The zero-order valence-electron chi connectivity index (χ0n) is 16.9. The van der Waals surface area contributed by atoms with Crippen LogP contribution in [0.4, 0.5) is 5.69 Å². The van der Waals surface area contributed by atoms with E-state index in [9.17, 15) is 9.59 Å². The van der Waals surface area contributed by atoms with Gasteiger partial charge in [0.2, 0.25) is 5.82 Å². The van der Waals surface area contributed by atoms with Crippen LogP contribution in [0.5, 0.6) is 0 Å². The topological polar surface area (TPSA) is 75.5 Å². The molecule has 0 radical (unpaired) electrons. The number of hydrogen-bond donors (Lipinski definition) is 2. The second-order valence-electron chi connectivity index (χ2n) is 7.61. The molecule has 0 saturated heterocycles. The van der Waals surface area contributed by atoms with Crippen LogP contribution < -0.4 is 10.6 Å². The Morgan fingerprint density at radius 2 is 1.90 bits per heavy atom. The quantitative estimate of drug-likeness (QED) is 0.688. The summed E-state index contributed by atoms with van der Waals surface area (Å²) in [5.41, 5.74) is 3.80. The van der Waals surface area contributed by atoms with Crippen LogP contribution in [-0.2, 0) is 6.42 Å². The van der Waals surface area contributed by atoms with Crippen LogP contribution in [0.1, 0.15) is 64.8 Å². The Bertz CT molecular complexity index is 1060. The minimum Gasteiger partial charge on any atom is -0.348 e. The lowest BCUT2D eigenvalue weighted by atomic mass is 10.1. The lowest BCUT2D eigenvalue weighted by molar-refractivity contribution is 0.0935. The van der Waals surface area contributed by atoms with E-state index in [1.165, 1.54) is 0 Å². The van der Waals surface area contributed by atoms with E-state index in [4.69, 9.17) is 0 Å². The number of hydrogen-bond acceptors (Lipinski definition) is 3. The maximum Gasteiger partial charge on any atom is 0.292 e. The lowest BCUT2D eigenvalue weighted by Crippen LogP contribution is -2.33. The number of benzene rings is 1. The summed E-state index contributed by atoms with van der Waals surface area (Å²) in [5, 5.41) is 6.08. The molecule has 3 aromatic rings. The minimum absolute atomic E-state index is 0.194. The highest BCUT2D eigenvalue weighted by Crippen LogP contribution is 2.23. The van der Waals surface area contributed by atoms with Crippen LogP contribution >= 0.6 is 0 Å². The number of carbonyl (C=O) groups is 2. The zero-order valence-corrected chi connectivity index (χ0v) is 16.9. The van der Waals surface area contributed by atoms with Gasteiger partial charge in [-0.2, -0.15) is 0 Å². The predicted molar refractivity (Wildman–Crippen MR) is 113 cm³/mol. The molecule has 0 atom stereocenters. The Morgan fingerprint density at radius 1 is 1.10 bits per heavy atom. The van der Waals surface area contributed by atoms with Gasteiger partial charge < -0.3 is 10.6 Å². The van der Waals surface area contributed by atoms with E-state index in [0.717, 1.165) is 48.9 Å². The number of nitrogens with one attached hydrogen (secondary N) is 2. The smallest absolute Gasteiger partial charge is 0.292 e. The fourth-order valence-electron chi connectivity index (χ4n) is 4.06. The molecule has 0 spiro atoms. The van der Waals surface area contributed by atoms with Crippen molar-refractivity contribution < 1.29 is 9.59 Å². The minimum atomic E-state index is -0.324. The third-order valence-electron chi connectivity index (χ3n) is 5.64. The van der Waals surface area contributed by atoms with Crippen LogP contribution in [0, 0.1) is 6.92 Å². The van der Waals surface area contributed by atoms with E-state index in [0.29, 0.717) is 11.2 Å². The number of pyridine rings is 1. The predicted octanol–water partition coefficient (Wildman–Crippen LogP) is 4.13. The van der Waals surface area contributed by atoms with Gasteiger partial charge in [0.1, 0.15) is 0 Å². The largest absolute Gasteiger partial charge is 0.348 e. The third-order valence-corrected chi connectivity index (χ3v) is 5.64. The summed E-state index contributed by atoms with van der Waals surface area (Å²) >= 11 is 0. The first-order valence-electron chi connectivity index (χ1n) is 10.3. The van der Waals surface area contributed by atoms with Crippen molar-refractivity contribution in [1.29, 1.82) is 0 Å². The molecule has 1 aliphatic rings. The summed E-state index contributed by atoms with van der Waals surface area (Å²) in [6.45, 7) is 4.03. The van der Waals surface area contributed by atoms with Gasteiger partial charge >= 0.3 is 0 Å². The van der Waals surface area contributed by atoms with Gasteiger partial charge in [-0.25, -0.2) is 4.98 Å². The molecule has 0 aliphatic heterocycles. The number of fused-ring (bicyclic) bond motifs is 1. The van der Waals surface area contributed by atoms with Gasteiger partial charge in [0, 0.05) is 17.9 Å². The fourth-order valence-corrected chi connectivity index (χ4v) is 4.06. The number of amides is 2. The Hall–Kier alpha value is -3.15. The summed E-state index contributed by atoms with van der Waals surface area (Å²) < 4.78 is 1.68. The highest BCUT2D eigenvalue weighted by atomic mass is 16.2. The van der Waals surface area contributed by atoms with Crippen molar-refractivity contribution in [3.8, 4) is 0 Å². The highest BCUT2D eigenvalue weighted by molar-refractivity contribution is 6.06. The van der Waals surface area contributed by atoms with Gasteiger partial charge in [0.05, 0.1) is 5.52 Å². The van der Waals surface area contributed by atoms with Crippen molar-refractivity contribution in [1.82, 2.24) is 14.7 Å². The molecule has 1 aromatic carbocycles. The van der Waals surface area contributed by atoms with E-state index in [2.05, 4.69) is 22.5 Å². The molecule has 29 heavy (non-hydrogen) atoms. The highest BCUT2D eigenvalue weighted by Gasteiger charge is 2.25. The number of para-hydroxylation sites is 1. The van der Waals surface area contributed by atoms with Crippen molar-refractivity contribution in [2.45, 2.75) is 52.0 Å². The Kier molecular flexibility index (Phi) is 5.34. The van der Waals surface area contributed by atoms with Crippen LogP contribution in [0.3, 0.4) is 0 Å². The molecule has 1 aliphatic carbocycles. The molecule has 1 fully saturated rings. The first kappa shape index (κ1) is 19.2. The normalized spacial score (nSPS) is 14.3. The number of anilines is 1. The summed E-state index contributed by atoms with van der Waals surface area (Å²) in [6, 6.07) is 11.7. The molecule has 150 valence electrons. The zero-order chi connectivity index (χ0) is 20.4. The summed E-state index contributed by atoms with van der Waals surface area (Å²) in [4.78, 5) is 30.4. The fraction of sp³-hybridized carbons (Fsp3) is 0.348. The van der Waals surface area contributed by atoms with E-state index < -0.39 is 0 Å². The van der Waals surface area contributed by atoms with E-state index in [-0.39, 0.29) is 23.7 Å². The standard InChI is InChI=1S/C23H26N4O2/c1-3-16-10-8-9-15(2)19(16)26-23(29)21-25-20(18-13-6-7-14-27(18)21)22(28)24-17-11-4-5-12-17/h6-10,13-14,17H,3-5,11-12H2,1-2H3,(H,24,28)(H,26,29). The van der Waals surface area contributed by atoms with E-state index in [1.807, 2.05) is 43.3 Å². The van der Waals surface area contributed by atoms with Crippen molar-refractivity contribution in [2.75, 3.05) is 5.32 Å². The van der Waals surface area contributed by atoms with Crippen LogP contribution in [0.25, 0.3) is 5.52 Å². The van der Waals surface area contributed by atoms with Gasteiger partial charge in [-0.05, 0) is 49.4 Å². The molecule has 2 aromatic heterocycles. The number of carbonyl (C=O) groups excluding carboxylic acids is 2. The Morgan fingerprint density at radius 3 is 2.66 bits per heavy atom. The van der Waals surface area contributed by atoms with Gasteiger partial charge in [0.25, 0.3) is 11.8 Å². The molecular weight excluding hydrogens is 364 g/mol. The molecule has 6 nitrogen and oxygen atoms in total. The molecule has 2 heterocycles. The molecule has 4 rings (SSSR count). The van der Waals surface area contributed by atoms with Gasteiger partial charge in [-0.1, -0.05) is 44.0 Å². The second-order valence-corrected chi connectivity index (χ2v) is 7.61. The average molecular weight is 390 g/mol. The van der Waals surface area contributed by atoms with Crippen LogP contribution in [-0.4, -0.2) is 27.2 Å². The molecule has 1 saturated carbocycles. The molecule has 2 N–H and O–H groups in total. The first-order chi connectivity index (χ1) is 14.1. The Labute approximate surface area is 170 Å². The number of aromatic nitrogens is 2. The molecule has 2 amide bonds. The number of rotatable bonds is 5. The maximum absolute atomic E-state index is 13.1. The second kappa shape index (κ2) is 8.07. The number of nitrogens with zero attached hydrogens (tertiary/aromatic N) is 2. The van der Waals surface area contributed by atoms with Crippen LogP contribution in [0.15, 0.2) is 42.6 Å². The third kappa shape index (κ3) is 3.75.